The molecule has 4 fully saturated rings. The van der Waals surface area contributed by atoms with Gasteiger partial charge in [-0.25, -0.2) is 0 Å². The Morgan fingerprint density at radius 2 is 1.46 bits per heavy atom. The number of phenolic OH excluding ortho intramolecular Hbond substituents is 2. The van der Waals surface area contributed by atoms with Gasteiger partial charge in [0.05, 0.1) is 18.9 Å². The Bertz CT molecular complexity index is 2220. The molecule has 4 saturated carbocycles. The lowest BCUT2D eigenvalue weighted by Gasteiger charge is -2.64. The van der Waals surface area contributed by atoms with Crippen molar-refractivity contribution in [2.24, 2.45) is 50.7 Å². The van der Waals surface area contributed by atoms with Crippen LogP contribution in [0.5, 0.6) is 17.2 Å². The zero-order chi connectivity index (χ0) is 42.3. The molecule has 5 aliphatic rings. The second kappa shape index (κ2) is 14.8. The number of carbonyl (C=O) groups excluding carboxylic acids is 2. The van der Waals surface area contributed by atoms with Crippen molar-refractivity contribution in [2.75, 3.05) is 7.11 Å². The van der Waals surface area contributed by atoms with E-state index >= 15 is 0 Å². The number of fused-ring (bicyclic) bond motifs is 7. The molecule has 0 radical (unpaired) electrons. The summed E-state index contributed by atoms with van der Waals surface area (Å²) in [7, 11) is 1.90. The minimum Gasteiger partial charge on any atom is -0.504 e. The molecule has 2 N–H and O–H groups in total. The van der Waals surface area contributed by atoms with Gasteiger partial charge >= 0.3 is 11.9 Å². The molecule has 9 heteroatoms. The van der Waals surface area contributed by atoms with Crippen LogP contribution in [-0.4, -0.2) is 41.5 Å². The summed E-state index contributed by atoms with van der Waals surface area (Å²) in [5.41, 5.74) is 2.27. The lowest BCUT2D eigenvalue weighted by molar-refractivity contribution is -0.178. The molecule has 0 saturated heterocycles. The predicted molar refractivity (Wildman–Crippen MR) is 227 cm³/mol. The van der Waals surface area contributed by atoms with E-state index in [1.54, 1.807) is 29.8 Å². The lowest BCUT2D eigenvalue weighted by atomic mass is 9.42. The van der Waals surface area contributed by atoms with E-state index in [1.807, 2.05) is 13.2 Å². The van der Waals surface area contributed by atoms with Crippen LogP contribution in [-0.2, 0) is 19.1 Å². The van der Waals surface area contributed by atoms with Gasteiger partial charge in [0.25, 0.3) is 0 Å². The van der Waals surface area contributed by atoms with E-state index in [0.29, 0.717) is 46.2 Å². The fraction of sp³-hybridized carbons (Fsp3) is 0.620. The monoisotopic (exact) mass is 808 g/mol. The number of ether oxygens (including phenoxy) is 3. The minimum atomic E-state index is -0.851. The number of hydrogen-bond donors (Lipinski definition) is 2. The Kier molecular flexibility index (Phi) is 10.4. The average Bonchev–Trinajstić information content (AvgIpc) is 3.34. The van der Waals surface area contributed by atoms with Crippen molar-refractivity contribution in [1.82, 2.24) is 0 Å². The quantitative estimate of drug-likeness (QED) is 0.136. The summed E-state index contributed by atoms with van der Waals surface area (Å²) in [4.78, 5) is 39.4. The van der Waals surface area contributed by atoms with Gasteiger partial charge in [-0.15, -0.1) is 0 Å². The van der Waals surface area contributed by atoms with E-state index in [2.05, 4.69) is 54.5 Å². The summed E-state index contributed by atoms with van der Waals surface area (Å²) in [5, 5.41) is 21.4. The highest BCUT2D eigenvalue weighted by molar-refractivity contribution is 5.91. The summed E-state index contributed by atoms with van der Waals surface area (Å²) in [5.74, 6) is -0.733. The second-order valence-electron chi connectivity index (χ2n) is 20.9. The third-order valence-corrected chi connectivity index (χ3v) is 17.1. The van der Waals surface area contributed by atoms with Crippen LogP contribution in [0.4, 0.5) is 0 Å². The molecular weight excluding hydrogens is 745 g/mol. The number of benzene rings is 2. The zero-order valence-corrected chi connectivity index (χ0v) is 36.3. The lowest BCUT2D eigenvalue weighted by Crippen LogP contribution is -2.58. The van der Waals surface area contributed by atoms with Gasteiger partial charge in [0.2, 0.25) is 5.75 Å². The smallest absolute Gasteiger partial charge is 0.312 e. The highest BCUT2D eigenvalue weighted by atomic mass is 16.6. The molecule has 0 spiro atoms. The number of methoxy groups -OCH3 is 1. The first-order valence-corrected chi connectivity index (χ1v) is 22.0. The Morgan fingerprint density at radius 3 is 2.19 bits per heavy atom. The Labute approximate surface area is 348 Å². The fourth-order valence-corrected chi connectivity index (χ4v) is 14.2. The molecule has 1 heterocycles. The summed E-state index contributed by atoms with van der Waals surface area (Å²) in [6.45, 7) is 17.2. The minimum absolute atomic E-state index is 0.0611. The van der Waals surface area contributed by atoms with Crippen molar-refractivity contribution in [2.45, 2.75) is 138 Å². The van der Waals surface area contributed by atoms with Crippen LogP contribution in [0.15, 0.2) is 63.3 Å². The Balaban J connectivity index is 0.917. The van der Waals surface area contributed by atoms with E-state index < -0.39 is 34.6 Å². The summed E-state index contributed by atoms with van der Waals surface area (Å²) in [6.07, 6.45) is 13.4. The molecule has 318 valence electrons. The van der Waals surface area contributed by atoms with Crippen molar-refractivity contribution in [3.8, 4) is 28.6 Å². The van der Waals surface area contributed by atoms with E-state index in [-0.39, 0.29) is 51.9 Å². The van der Waals surface area contributed by atoms with Crippen molar-refractivity contribution >= 4 is 22.9 Å². The van der Waals surface area contributed by atoms with Crippen LogP contribution in [0.3, 0.4) is 0 Å². The van der Waals surface area contributed by atoms with Crippen LogP contribution >= 0.6 is 0 Å². The van der Waals surface area contributed by atoms with Crippen LogP contribution < -0.4 is 10.2 Å². The van der Waals surface area contributed by atoms with E-state index in [9.17, 15) is 24.6 Å². The fourth-order valence-electron chi connectivity index (χ4n) is 14.2. The Morgan fingerprint density at radius 1 is 0.780 bits per heavy atom. The van der Waals surface area contributed by atoms with Crippen LogP contribution in [0, 0.1) is 50.7 Å². The van der Waals surface area contributed by atoms with E-state index in [4.69, 9.17) is 18.6 Å². The Hall–Kier alpha value is -4.11. The van der Waals surface area contributed by atoms with E-state index in [1.165, 1.54) is 44.6 Å². The molecule has 59 heavy (non-hydrogen) atoms. The van der Waals surface area contributed by atoms with Crippen LogP contribution in [0.1, 0.15) is 126 Å². The summed E-state index contributed by atoms with van der Waals surface area (Å²) >= 11 is 0. The first kappa shape index (κ1) is 41.6. The van der Waals surface area contributed by atoms with Crippen LogP contribution in [0.2, 0.25) is 0 Å². The van der Waals surface area contributed by atoms with Gasteiger partial charge < -0.3 is 28.8 Å². The van der Waals surface area contributed by atoms with E-state index in [0.717, 1.165) is 31.7 Å². The molecule has 9 atom stereocenters. The molecule has 8 rings (SSSR count). The maximum atomic E-state index is 13.4. The summed E-state index contributed by atoms with van der Waals surface area (Å²) in [6, 6.07) is 11.3. The molecule has 2 aromatic carbocycles. The molecular formula is C50H64O9. The second-order valence-corrected chi connectivity index (χ2v) is 20.9. The highest BCUT2D eigenvalue weighted by Gasteiger charge is 2.63. The maximum Gasteiger partial charge on any atom is 0.312 e. The molecule has 1 aromatic heterocycles. The van der Waals surface area contributed by atoms with Gasteiger partial charge in [0.15, 0.2) is 16.9 Å². The molecule has 3 aromatic rings. The molecule has 0 amide bonds. The van der Waals surface area contributed by atoms with Gasteiger partial charge in [0.1, 0.15) is 22.8 Å². The number of phenols is 2. The average molecular weight is 809 g/mol. The zero-order valence-electron chi connectivity index (χ0n) is 36.3. The SMILES string of the molecule is CO[C@H]1CC[C@@]2(C)C(CC[C@@]3(C)CC4=CC[C@H]5C(C)(C)[C@H](OC(=O)CCC(=O)Oc6c(O)cc7oc(-c8ccccc8)cc(=O)c7c6O)CC[C@]5(C)[C@H]4CCC32)C1(C)C. The number of esters is 2. The molecule has 9 nitrogen and oxygen atoms in total. The highest BCUT2D eigenvalue weighted by Crippen LogP contribution is 2.70. The first-order chi connectivity index (χ1) is 27.8. The number of aromatic hydroxyl groups is 2. The third-order valence-electron chi connectivity index (χ3n) is 17.1. The summed E-state index contributed by atoms with van der Waals surface area (Å²) < 4.78 is 23.4. The molecule has 5 aliphatic carbocycles. The van der Waals surface area contributed by atoms with Gasteiger partial charge in [-0.3, -0.25) is 14.4 Å². The number of hydrogen-bond acceptors (Lipinski definition) is 9. The third kappa shape index (κ3) is 6.82. The van der Waals surface area contributed by atoms with Crippen molar-refractivity contribution in [3.05, 3.63) is 64.3 Å². The largest absolute Gasteiger partial charge is 0.504 e. The molecule has 0 bridgehead atoms. The van der Waals surface area contributed by atoms with Gasteiger partial charge in [0, 0.05) is 30.2 Å². The van der Waals surface area contributed by atoms with Crippen molar-refractivity contribution < 1.29 is 38.4 Å². The predicted octanol–water partition coefficient (Wildman–Crippen LogP) is 10.9. The number of allylic oxidation sites excluding steroid dienone is 2. The standard InChI is InChI=1S/C50H64O9/c1-46(2)37-20-23-48(5)28-30-14-16-36-47(3,4)40(22-24-49(36,6)31(30)15-17-38(48)50(37,7)25-21-39(46)56-8)58-41(53)18-19-42(54)59-45-33(52)27-35-43(44(45)55)32(51)26-34(57-35)29-12-10-9-11-13-29/h9-14,26-27,31,36-40,52,55H,15-25,28H2,1-8H3/t31-,36-,37?,38?,39-,40+,48-,49+,50-/m0/s1. The maximum absolute atomic E-state index is 13.4. The van der Waals surface area contributed by atoms with Gasteiger partial charge in [-0.1, -0.05) is 90.4 Å². The first-order valence-electron chi connectivity index (χ1n) is 22.0. The normalized spacial score (nSPS) is 34.5. The number of carbonyl (C=O) groups is 2. The topological polar surface area (TPSA) is 132 Å². The van der Waals surface area contributed by atoms with Crippen molar-refractivity contribution in [3.63, 3.8) is 0 Å². The van der Waals surface area contributed by atoms with Crippen LogP contribution in [0.25, 0.3) is 22.3 Å². The molecule has 2 unspecified atom stereocenters. The van der Waals surface area contributed by atoms with Gasteiger partial charge in [-0.05, 0) is 110 Å². The number of rotatable bonds is 7. The van der Waals surface area contributed by atoms with Crippen molar-refractivity contribution in [1.29, 1.82) is 0 Å². The molecule has 0 aliphatic heterocycles. The van der Waals surface area contributed by atoms with Gasteiger partial charge in [-0.2, -0.15) is 0 Å².